The minimum absolute atomic E-state index is 0. The van der Waals surface area contributed by atoms with Crippen molar-refractivity contribution < 1.29 is 27.8 Å². The van der Waals surface area contributed by atoms with Crippen molar-refractivity contribution in [1.29, 1.82) is 0 Å². The molecule has 0 unspecified atom stereocenters. The van der Waals surface area contributed by atoms with E-state index in [1.165, 1.54) is 19.2 Å². The molecule has 2 rings (SSSR count). The quantitative estimate of drug-likeness (QED) is 0.847. The second-order valence-electron chi connectivity index (χ2n) is 5.51. The van der Waals surface area contributed by atoms with E-state index < -0.39 is 18.5 Å². The summed E-state index contributed by atoms with van der Waals surface area (Å²) in [6, 6.07) is 2.87. The molecule has 0 heterocycles. The Kier molecular flexibility index (Phi) is 6.98. The van der Waals surface area contributed by atoms with Crippen molar-refractivity contribution in [2.75, 3.05) is 7.11 Å². The highest BCUT2D eigenvalue weighted by molar-refractivity contribution is 5.85. The molecule has 3 N–H and O–H groups in total. The summed E-state index contributed by atoms with van der Waals surface area (Å²) in [7, 11) is 1.40. The number of rotatable bonds is 5. The van der Waals surface area contributed by atoms with Crippen LogP contribution >= 0.6 is 12.4 Å². The summed E-state index contributed by atoms with van der Waals surface area (Å²) in [5.41, 5.74) is 6.37. The molecule has 0 radical (unpaired) electrons. The van der Waals surface area contributed by atoms with E-state index in [4.69, 9.17) is 10.5 Å². The number of benzene rings is 1. The first-order chi connectivity index (χ1) is 10.3. The molecule has 4 nitrogen and oxygen atoms in total. The molecule has 0 aromatic heterocycles. The molecule has 8 heteroatoms. The molecule has 1 aromatic carbocycles. The van der Waals surface area contributed by atoms with Crippen molar-refractivity contribution in [1.82, 2.24) is 0 Å². The summed E-state index contributed by atoms with van der Waals surface area (Å²) in [6.45, 7) is 0. The van der Waals surface area contributed by atoms with Crippen LogP contribution < -0.4 is 15.2 Å². The Bertz CT molecular complexity index is 507. The van der Waals surface area contributed by atoms with E-state index in [0.717, 1.165) is 31.7 Å². The first kappa shape index (κ1) is 19.9. The first-order valence-corrected chi connectivity index (χ1v) is 7.19. The molecule has 1 aliphatic carbocycles. The highest BCUT2D eigenvalue weighted by Crippen LogP contribution is 2.37. The smallest absolute Gasteiger partial charge is 0.496 e. The summed E-state index contributed by atoms with van der Waals surface area (Å²) in [5.74, 6) is 0.0170. The number of ether oxygens (including phenoxy) is 2. The number of hydrogen-bond donors (Lipinski definition) is 2. The van der Waals surface area contributed by atoms with Gasteiger partial charge in [0.2, 0.25) is 0 Å². The molecule has 0 bridgehead atoms. The number of alkyl halides is 3. The van der Waals surface area contributed by atoms with Gasteiger partial charge in [-0.25, -0.2) is 0 Å². The average molecular weight is 356 g/mol. The minimum atomic E-state index is -4.78. The van der Waals surface area contributed by atoms with Gasteiger partial charge in [0.15, 0.2) is 0 Å². The Morgan fingerprint density at radius 2 is 1.87 bits per heavy atom. The molecule has 1 aliphatic rings. The minimum Gasteiger partial charge on any atom is -0.496 e. The number of aliphatic hydroxyl groups is 1. The van der Waals surface area contributed by atoms with Gasteiger partial charge in [-0.05, 0) is 37.0 Å². The van der Waals surface area contributed by atoms with Crippen molar-refractivity contribution in [2.45, 2.75) is 44.2 Å². The van der Waals surface area contributed by atoms with Crippen LogP contribution in [0.4, 0.5) is 13.2 Å². The van der Waals surface area contributed by atoms with Crippen molar-refractivity contribution >= 4 is 12.4 Å². The first-order valence-electron chi connectivity index (χ1n) is 7.19. The molecular weight excluding hydrogens is 335 g/mol. The third kappa shape index (κ3) is 5.16. The maximum atomic E-state index is 12.3. The number of methoxy groups -OCH3 is 1. The number of hydrogen-bond acceptors (Lipinski definition) is 4. The average Bonchev–Trinajstić information content (AvgIpc) is 2.98. The van der Waals surface area contributed by atoms with Gasteiger partial charge in [-0.15, -0.1) is 25.6 Å². The third-order valence-electron chi connectivity index (χ3n) is 4.04. The van der Waals surface area contributed by atoms with Crippen LogP contribution in [0.25, 0.3) is 0 Å². The molecule has 0 saturated heterocycles. The lowest BCUT2D eigenvalue weighted by Crippen LogP contribution is -2.32. The SMILES string of the molecule is COc1ccc(OC(F)(F)F)cc1[C@@H](N)[C@@H](O)C1CCCC1.Cl. The molecule has 2 atom stereocenters. The van der Waals surface area contributed by atoms with E-state index in [-0.39, 0.29) is 24.1 Å². The summed E-state index contributed by atoms with van der Waals surface area (Å²) in [6.07, 6.45) is -1.80. The van der Waals surface area contributed by atoms with E-state index in [1.807, 2.05) is 0 Å². The summed E-state index contributed by atoms with van der Waals surface area (Å²) >= 11 is 0. The second-order valence-corrected chi connectivity index (χ2v) is 5.51. The molecule has 0 aliphatic heterocycles. The molecule has 1 aromatic rings. The Morgan fingerprint density at radius 3 is 2.39 bits per heavy atom. The van der Waals surface area contributed by atoms with E-state index >= 15 is 0 Å². The van der Waals surface area contributed by atoms with E-state index in [0.29, 0.717) is 11.3 Å². The fourth-order valence-corrected chi connectivity index (χ4v) is 2.95. The standard InChI is InChI=1S/C15H20F3NO3.ClH/c1-21-12-7-6-10(22-15(16,17)18)8-11(12)13(19)14(20)9-4-2-3-5-9;/h6-9,13-14,20H,2-5,19H2,1H3;1H/t13-,14+;/m1./s1. The summed E-state index contributed by atoms with van der Waals surface area (Å²) in [4.78, 5) is 0. The fourth-order valence-electron chi connectivity index (χ4n) is 2.95. The highest BCUT2D eigenvalue weighted by Gasteiger charge is 2.33. The van der Waals surface area contributed by atoms with Crippen LogP contribution in [0.5, 0.6) is 11.5 Å². The molecule has 0 spiro atoms. The second kappa shape index (κ2) is 8.08. The zero-order valence-electron chi connectivity index (χ0n) is 12.7. The van der Waals surface area contributed by atoms with Crippen LogP contribution in [-0.2, 0) is 0 Å². The van der Waals surface area contributed by atoms with Crippen LogP contribution in [0.2, 0.25) is 0 Å². The number of halogens is 4. The van der Waals surface area contributed by atoms with Gasteiger partial charge in [-0.2, -0.15) is 0 Å². The maximum Gasteiger partial charge on any atom is 0.573 e. The van der Waals surface area contributed by atoms with E-state index in [2.05, 4.69) is 4.74 Å². The Labute approximate surface area is 139 Å². The van der Waals surface area contributed by atoms with Gasteiger partial charge in [0.1, 0.15) is 11.5 Å². The Hall–Kier alpha value is -1.18. The van der Waals surface area contributed by atoms with Crippen LogP contribution in [0.15, 0.2) is 18.2 Å². The third-order valence-corrected chi connectivity index (χ3v) is 4.04. The van der Waals surface area contributed by atoms with Gasteiger partial charge in [0.05, 0.1) is 19.3 Å². The van der Waals surface area contributed by atoms with Crippen LogP contribution in [-0.4, -0.2) is 24.7 Å². The van der Waals surface area contributed by atoms with Crippen LogP contribution in [0, 0.1) is 5.92 Å². The molecule has 23 heavy (non-hydrogen) atoms. The Morgan fingerprint density at radius 1 is 1.26 bits per heavy atom. The number of aliphatic hydroxyl groups excluding tert-OH is 1. The van der Waals surface area contributed by atoms with Gasteiger partial charge in [-0.1, -0.05) is 12.8 Å². The van der Waals surface area contributed by atoms with Gasteiger partial charge in [-0.3, -0.25) is 0 Å². The van der Waals surface area contributed by atoms with Crippen LogP contribution in [0.3, 0.4) is 0 Å². The van der Waals surface area contributed by atoms with Gasteiger partial charge in [0, 0.05) is 5.56 Å². The molecule has 1 fully saturated rings. The van der Waals surface area contributed by atoms with Crippen molar-refractivity contribution in [3.05, 3.63) is 23.8 Å². The lowest BCUT2D eigenvalue weighted by Gasteiger charge is -2.26. The summed E-state index contributed by atoms with van der Waals surface area (Å²) < 4.78 is 46.0. The fraction of sp³-hybridized carbons (Fsp3) is 0.600. The molecule has 1 saturated carbocycles. The predicted molar refractivity (Wildman–Crippen MR) is 81.8 cm³/mol. The topological polar surface area (TPSA) is 64.7 Å². The monoisotopic (exact) mass is 355 g/mol. The molecular formula is C15H21ClF3NO3. The largest absolute Gasteiger partial charge is 0.573 e. The molecule has 132 valence electrons. The van der Waals surface area contributed by atoms with Gasteiger partial charge >= 0.3 is 6.36 Å². The van der Waals surface area contributed by atoms with Gasteiger partial charge in [0.25, 0.3) is 0 Å². The molecule has 0 amide bonds. The van der Waals surface area contributed by atoms with Crippen molar-refractivity contribution in [2.24, 2.45) is 11.7 Å². The predicted octanol–water partition coefficient (Wildman–Crippen LogP) is 3.57. The van der Waals surface area contributed by atoms with E-state index in [1.54, 1.807) is 0 Å². The van der Waals surface area contributed by atoms with Crippen molar-refractivity contribution in [3.8, 4) is 11.5 Å². The van der Waals surface area contributed by atoms with Crippen molar-refractivity contribution in [3.63, 3.8) is 0 Å². The van der Waals surface area contributed by atoms with E-state index in [9.17, 15) is 18.3 Å². The lowest BCUT2D eigenvalue weighted by molar-refractivity contribution is -0.274. The maximum absolute atomic E-state index is 12.3. The van der Waals surface area contributed by atoms with Crippen LogP contribution in [0.1, 0.15) is 37.3 Å². The number of nitrogens with two attached hydrogens (primary N) is 1. The Balaban J connectivity index is 0.00000264. The zero-order valence-corrected chi connectivity index (χ0v) is 13.5. The van der Waals surface area contributed by atoms with Gasteiger partial charge < -0.3 is 20.3 Å². The lowest BCUT2D eigenvalue weighted by atomic mass is 9.90. The summed E-state index contributed by atoms with van der Waals surface area (Å²) in [5, 5.41) is 10.4. The normalized spacial score (nSPS) is 18.2. The highest BCUT2D eigenvalue weighted by atomic mass is 35.5. The zero-order chi connectivity index (χ0) is 16.3.